The van der Waals surface area contributed by atoms with E-state index in [9.17, 15) is 14.4 Å². The minimum absolute atomic E-state index is 0.0133. The summed E-state index contributed by atoms with van der Waals surface area (Å²) >= 11 is 30.3. The zero-order valence-corrected chi connectivity index (χ0v) is 24.0. The first kappa shape index (κ1) is 30.1. The van der Waals surface area contributed by atoms with Crippen LogP contribution in [0.5, 0.6) is 17.2 Å². The number of benzene rings is 2. The SMILES string of the molecule is COCC(C)OC(=O)COc1ccccc1Oc1cc(-n2c(=O)cc(C(Cl)(Cl)Cl)n(C)c2=O)c(Cl)cc1Cl. The maximum absolute atomic E-state index is 13.0. The molecule has 0 spiro atoms. The molecule has 0 bridgehead atoms. The van der Waals surface area contributed by atoms with Gasteiger partial charge in [0.2, 0.25) is 3.79 Å². The summed E-state index contributed by atoms with van der Waals surface area (Å²) in [5, 5.41) is 0.0600. The molecule has 0 fully saturated rings. The highest BCUT2D eigenvalue weighted by atomic mass is 35.6. The summed E-state index contributed by atoms with van der Waals surface area (Å²) in [6.07, 6.45) is -0.450. The Hall–Kier alpha value is -2.40. The summed E-state index contributed by atoms with van der Waals surface area (Å²) in [4.78, 5) is 38.0. The summed E-state index contributed by atoms with van der Waals surface area (Å²) in [7, 11) is 2.83. The monoisotopic (exact) mass is 624 g/mol. The standard InChI is InChI=1S/C24H21Cl5N2O7/c1-13(11-35-3)37-22(33)12-36-17-6-4-5-7-18(17)38-19-9-16(14(25)8-15(19)26)31-21(32)10-20(24(27,28)29)30(2)23(31)34/h4-10,13H,11-12H2,1-3H3. The van der Waals surface area contributed by atoms with Crippen molar-refractivity contribution in [3.63, 3.8) is 0 Å². The predicted octanol–water partition coefficient (Wildman–Crippen LogP) is 5.42. The van der Waals surface area contributed by atoms with Crippen LogP contribution in [0.1, 0.15) is 12.6 Å². The van der Waals surface area contributed by atoms with Gasteiger partial charge < -0.3 is 18.9 Å². The molecule has 0 N–H and O–H groups in total. The van der Waals surface area contributed by atoms with Crippen LogP contribution in [0, 0.1) is 0 Å². The molecule has 1 unspecified atom stereocenters. The molecule has 1 heterocycles. The Morgan fingerprint density at radius 2 is 1.66 bits per heavy atom. The highest BCUT2D eigenvalue weighted by molar-refractivity contribution is 6.66. The highest BCUT2D eigenvalue weighted by Crippen LogP contribution is 2.39. The van der Waals surface area contributed by atoms with E-state index in [-0.39, 0.29) is 45.3 Å². The van der Waals surface area contributed by atoms with E-state index in [2.05, 4.69) is 0 Å². The Morgan fingerprint density at radius 3 is 2.29 bits per heavy atom. The molecule has 0 saturated carbocycles. The van der Waals surface area contributed by atoms with Crippen LogP contribution in [0.25, 0.3) is 5.69 Å². The molecule has 0 saturated heterocycles. The Morgan fingerprint density at radius 1 is 1.00 bits per heavy atom. The minimum atomic E-state index is -2.01. The molecule has 0 amide bonds. The van der Waals surface area contributed by atoms with Gasteiger partial charge in [-0.05, 0) is 25.1 Å². The van der Waals surface area contributed by atoms with E-state index in [1.807, 2.05) is 0 Å². The number of ether oxygens (including phenoxy) is 4. The fourth-order valence-corrected chi connectivity index (χ4v) is 4.37. The number of carbonyl (C=O) groups is 1. The number of nitrogens with zero attached hydrogens (tertiary/aromatic N) is 2. The zero-order valence-electron chi connectivity index (χ0n) is 20.2. The molecule has 9 nitrogen and oxygen atoms in total. The molecule has 1 atom stereocenters. The lowest BCUT2D eigenvalue weighted by molar-refractivity contribution is -0.152. The van der Waals surface area contributed by atoms with Crippen LogP contribution in [-0.4, -0.2) is 41.5 Å². The molecule has 204 valence electrons. The third-order valence-electron chi connectivity index (χ3n) is 5.00. The molecule has 0 radical (unpaired) electrons. The van der Waals surface area contributed by atoms with E-state index < -0.39 is 33.7 Å². The lowest BCUT2D eigenvalue weighted by atomic mass is 10.2. The van der Waals surface area contributed by atoms with Crippen molar-refractivity contribution < 1.29 is 23.7 Å². The summed E-state index contributed by atoms with van der Waals surface area (Å²) < 4.78 is 21.4. The molecule has 38 heavy (non-hydrogen) atoms. The van der Waals surface area contributed by atoms with Gasteiger partial charge >= 0.3 is 11.7 Å². The quantitative estimate of drug-likeness (QED) is 0.231. The topological polar surface area (TPSA) is 98.0 Å². The average Bonchev–Trinajstić information content (AvgIpc) is 2.83. The van der Waals surface area contributed by atoms with Crippen molar-refractivity contribution in [1.82, 2.24) is 9.13 Å². The van der Waals surface area contributed by atoms with Crippen molar-refractivity contribution in [1.29, 1.82) is 0 Å². The summed E-state index contributed by atoms with van der Waals surface area (Å²) in [6, 6.07) is 10.1. The van der Waals surface area contributed by atoms with Crippen molar-refractivity contribution in [3.8, 4) is 22.9 Å². The fraction of sp³-hybridized carbons (Fsp3) is 0.292. The van der Waals surface area contributed by atoms with E-state index in [0.717, 1.165) is 15.2 Å². The van der Waals surface area contributed by atoms with Gasteiger partial charge in [0.25, 0.3) is 5.56 Å². The summed E-state index contributed by atoms with van der Waals surface area (Å²) in [5.74, 6) is -0.175. The number of halogens is 5. The summed E-state index contributed by atoms with van der Waals surface area (Å²) in [5.41, 5.74) is -1.77. The molecule has 0 aliphatic carbocycles. The molecular formula is C24H21Cl5N2O7. The van der Waals surface area contributed by atoms with Crippen LogP contribution < -0.4 is 20.7 Å². The summed E-state index contributed by atoms with van der Waals surface area (Å²) in [6.45, 7) is 1.53. The molecule has 3 rings (SSSR count). The maximum Gasteiger partial charge on any atom is 0.344 e. The third-order valence-corrected chi connectivity index (χ3v) is 6.18. The third kappa shape index (κ3) is 7.16. The number of esters is 1. The number of para-hydroxylation sites is 2. The minimum Gasteiger partial charge on any atom is -0.478 e. The van der Waals surface area contributed by atoms with E-state index >= 15 is 0 Å². The number of hydrogen-bond acceptors (Lipinski definition) is 7. The van der Waals surface area contributed by atoms with Crippen LogP contribution in [0.3, 0.4) is 0 Å². The highest BCUT2D eigenvalue weighted by Gasteiger charge is 2.28. The van der Waals surface area contributed by atoms with Gasteiger partial charge in [-0.2, -0.15) is 0 Å². The van der Waals surface area contributed by atoms with Gasteiger partial charge in [0.05, 0.1) is 28.0 Å². The van der Waals surface area contributed by atoms with E-state index in [1.54, 1.807) is 31.2 Å². The van der Waals surface area contributed by atoms with Crippen LogP contribution in [-0.2, 0) is 25.1 Å². The predicted molar refractivity (Wildman–Crippen MR) is 146 cm³/mol. The first-order valence-corrected chi connectivity index (χ1v) is 12.7. The number of aromatic nitrogens is 2. The first-order valence-electron chi connectivity index (χ1n) is 10.8. The number of carbonyl (C=O) groups excluding carboxylic acids is 1. The van der Waals surface area contributed by atoms with Gasteiger partial charge in [-0.1, -0.05) is 70.1 Å². The Labute approximate surface area is 242 Å². The van der Waals surface area contributed by atoms with Gasteiger partial charge in [-0.25, -0.2) is 14.2 Å². The normalized spacial score (nSPS) is 12.2. The fourth-order valence-electron chi connectivity index (χ4n) is 3.32. The van der Waals surface area contributed by atoms with Crippen molar-refractivity contribution in [3.05, 3.63) is 79.0 Å². The van der Waals surface area contributed by atoms with Crippen molar-refractivity contribution >= 4 is 64.0 Å². The van der Waals surface area contributed by atoms with Gasteiger partial charge in [-0.3, -0.25) is 9.36 Å². The second-order valence-corrected chi connectivity index (χ2v) is 11.0. The van der Waals surface area contributed by atoms with Crippen LogP contribution in [0.15, 0.2) is 52.1 Å². The first-order chi connectivity index (χ1) is 17.8. The van der Waals surface area contributed by atoms with Gasteiger partial charge in [0.1, 0.15) is 11.9 Å². The van der Waals surface area contributed by atoms with Crippen molar-refractivity contribution in [2.45, 2.75) is 16.8 Å². The molecule has 2 aromatic carbocycles. The van der Waals surface area contributed by atoms with Crippen molar-refractivity contribution in [2.75, 3.05) is 20.3 Å². The number of hydrogen-bond donors (Lipinski definition) is 0. The second-order valence-electron chi connectivity index (χ2n) is 7.87. The van der Waals surface area contributed by atoms with Crippen LogP contribution in [0.2, 0.25) is 10.0 Å². The molecule has 0 aliphatic heterocycles. The molecular weight excluding hydrogens is 606 g/mol. The second kappa shape index (κ2) is 12.6. The molecule has 3 aromatic rings. The van der Waals surface area contributed by atoms with Crippen LogP contribution >= 0.6 is 58.0 Å². The van der Waals surface area contributed by atoms with Gasteiger partial charge in [0.15, 0.2) is 18.1 Å². The number of methoxy groups -OCH3 is 1. The Bertz CT molecular complexity index is 1450. The maximum atomic E-state index is 13.0. The largest absolute Gasteiger partial charge is 0.478 e. The molecule has 0 aliphatic rings. The Balaban J connectivity index is 1.95. The van der Waals surface area contributed by atoms with E-state index in [0.29, 0.717) is 0 Å². The smallest absolute Gasteiger partial charge is 0.344 e. The lowest BCUT2D eigenvalue weighted by Gasteiger charge is -2.18. The van der Waals surface area contributed by atoms with Crippen LogP contribution in [0.4, 0.5) is 0 Å². The van der Waals surface area contributed by atoms with Crippen molar-refractivity contribution in [2.24, 2.45) is 7.05 Å². The van der Waals surface area contributed by atoms with E-state index in [1.165, 1.54) is 26.3 Å². The average molecular weight is 627 g/mol. The van der Waals surface area contributed by atoms with Gasteiger partial charge in [0, 0.05) is 26.3 Å². The zero-order chi connectivity index (χ0) is 28.2. The number of alkyl halides is 3. The van der Waals surface area contributed by atoms with Gasteiger partial charge in [-0.15, -0.1) is 0 Å². The van der Waals surface area contributed by atoms with E-state index in [4.69, 9.17) is 77.0 Å². The molecule has 1 aromatic heterocycles. The Kier molecular flexibility index (Phi) is 10.0. The molecule has 14 heteroatoms. The number of rotatable bonds is 9. The lowest BCUT2D eigenvalue weighted by Crippen LogP contribution is -2.40.